The zero-order chi connectivity index (χ0) is 16.7. The third-order valence-electron chi connectivity index (χ3n) is 4.19. The monoisotopic (exact) mass is 318 g/mol. The summed E-state index contributed by atoms with van der Waals surface area (Å²) in [5.74, 6) is 1.22. The minimum Gasteiger partial charge on any atom is -0.494 e. The van der Waals surface area contributed by atoms with Gasteiger partial charge in [0.2, 0.25) is 5.91 Å². The Kier molecular flexibility index (Phi) is 6.59. The van der Waals surface area contributed by atoms with Gasteiger partial charge in [-0.25, -0.2) is 0 Å². The van der Waals surface area contributed by atoms with Crippen LogP contribution in [0.25, 0.3) is 0 Å². The summed E-state index contributed by atoms with van der Waals surface area (Å²) in [5, 5.41) is 0. The fourth-order valence-corrected chi connectivity index (χ4v) is 2.73. The fraction of sp³-hybridized carbons (Fsp3) is 0.556. The predicted octanol–water partition coefficient (Wildman–Crippen LogP) is 2.25. The molecule has 1 amide bonds. The van der Waals surface area contributed by atoms with Gasteiger partial charge in [0.15, 0.2) is 5.78 Å². The lowest BCUT2D eigenvalue weighted by Gasteiger charge is -2.16. The third kappa shape index (κ3) is 5.06. The molecule has 0 bridgehead atoms. The van der Waals surface area contributed by atoms with E-state index in [1.165, 1.54) is 0 Å². The third-order valence-corrected chi connectivity index (χ3v) is 4.19. The molecule has 1 aliphatic heterocycles. The quantitative estimate of drug-likeness (QED) is 0.746. The van der Waals surface area contributed by atoms with E-state index in [9.17, 15) is 9.59 Å². The van der Waals surface area contributed by atoms with Gasteiger partial charge in [0, 0.05) is 31.5 Å². The number of likely N-dealkylation sites (tertiary alicyclic amines) is 1. The van der Waals surface area contributed by atoms with Crippen LogP contribution in [0.2, 0.25) is 0 Å². The van der Waals surface area contributed by atoms with Gasteiger partial charge >= 0.3 is 0 Å². The van der Waals surface area contributed by atoms with Crippen molar-refractivity contribution < 1.29 is 14.3 Å². The van der Waals surface area contributed by atoms with Crippen LogP contribution in [0.1, 0.15) is 43.0 Å². The topological polar surface area (TPSA) is 72.6 Å². The maximum atomic E-state index is 12.2. The van der Waals surface area contributed by atoms with Crippen molar-refractivity contribution in [2.75, 3.05) is 26.2 Å². The SMILES string of the molecule is CCCOc1ccc(C(=O)CCC(=O)N2CCC(CN)C2)cc1. The molecule has 126 valence electrons. The summed E-state index contributed by atoms with van der Waals surface area (Å²) >= 11 is 0. The van der Waals surface area contributed by atoms with Crippen LogP contribution < -0.4 is 10.5 Å². The van der Waals surface area contributed by atoms with Crippen molar-refractivity contribution in [2.24, 2.45) is 11.7 Å². The van der Waals surface area contributed by atoms with E-state index in [0.29, 0.717) is 24.6 Å². The second kappa shape index (κ2) is 8.67. The van der Waals surface area contributed by atoms with Gasteiger partial charge in [0.25, 0.3) is 0 Å². The molecule has 1 aromatic rings. The molecule has 5 nitrogen and oxygen atoms in total. The maximum Gasteiger partial charge on any atom is 0.223 e. The molecule has 0 radical (unpaired) electrons. The lowest BCUT2D eigenvalue weighted by Crippen LogP contribution is -2.30. The molecule has 2 N–H and O–H groups in total. The minimum atomic E-state index is -0.00466. The highest BCUT2D eigenvalue weighted by Gasteiger charge is 2.25. The Morgan fingerprint density at radius 1 is 1.26 bits per heavy atom. The van der Waals surface area contributed by atoms with Gasteiger partial charge in [-0.05, 0) is 49.6 Å². The fourth-order valence-electron chi connectivity index (χ4n) is 2.73. The van der Waals surface area contributed by atoms with E-state index in [-0.39, 0.29) is 24.5 Å². The number of carbonyl (C=O) groups is 2. The van der Waals surface area contributed by atoms with E-state index in [4.69, 9.17) is 10.5 Å². The van der Waals surface area contributed by atoms with E-state index in [1.54, 1.807) is 24.3 Å². The smallest absolute Gasteiger partial charge is 0.223 e. The molecule has 1 fully saturated rings. The molecular weight excluding hydrogens is 292 g/mol. The van der Waals surface area contributed by atoms with Gasteiger partial charge in [0.1, 0.15) is 5.75 Å². The molecule has 2 rings (SSSR count). The van der Waals surface area contributed by atoms with E-state index >= 15 is 0 Å². The number of ether oxygens (including phenoxy) is 1. The molecule has 0 saturated carbocycles. The van der Waals surface area contributed by atoms with Crippen LogP contribution >= 0.6 is 0 Å². The maximum absolute atomic E-state index is 12.2. The molecule has 0 aromatic heterocycles. The molecule has 1 aliphatic rings. The Morgan fingerprint density at radius 2 is 2.00 bits per heavy atom. The van der Waals surface area contributed by atoms with Crippen molar-refractivity contribution in [1.82, 2.24) is 4.90 Å². The van der Waals surface area contributed by atoms with Crippen molar-refractivity contribution in [3.63, 3.8) is 0 Å². The first-order valence-corrected chi connectivity index (χ1v) is 8.38. The van der Waals surface area contributed by atoms with Crippen LogP contribution in [0, 0.1) is 5.92 Å². The van der Waals surface area contributed by atoms with Gasteiger partial charge in [-0.15, -0.1) is 0 Å². The minimum absolute atomic E-state index is 0.00466. The van der Waals surface area contributed by atoms with Crippen LogP contribution in [0.4, 0.5) is 0 Å². The molecule has 1 atom stereocenters. The molecule has 1 aromatic carbocycles. The normalized spacial score (nSPS) is 17.3. The Morgan fingerprint density at radius 3 is 2.61 bits per heavy atom. The average Bonchev–Trinajstić information content (AvgIpc) is 3.07. The average molecular weight is 318 g/mol. The summed E-state index contributed by atoms with van der Waals surface area (Å²) < 4.78 is 5.49. The highest BCUT2D eigenvalue weighted by Crippen LogP contribution is 2.18. The van der Waals surface area contributed by atoms with Crippen molar-refractivity contribution in [2.45, 2.75) is 32.6 Å². The predicted molar refractivity (Wildman–Crippen MR) is 89.5 cm³/mol. The summed E-state index contributed by atoms with van der Waals surface area (Å²) in [6, 6.07) is 7.13. The molecule has 0 spiro atoms. The van der Waals surface area contributed by atoms with Crippen LogP contribution in [0.3, 0.4) is 0 Å². The lowest BCUT2D eigenvalue weighted by molar-refractivity contribution is -0.130. The molecule has 1 unspecified atom stereocenters. The van der Waals surface area contributed by atoms with Crippen molar-refractivity contribution >= 4 is 11.7 Å². The second-order valence-electron chi connectivity index (χ2n) is 6.03. The number of Topliss-reactive ketones (excluding diaryl/α,β-unsaturated/α-hetero) is 1. The number of ketones is 1. The lowest BCUT2D eigenvalue weighted by atomic mass is 10.1. The van der Waals surface area contributed by atoms with Crippen LogP contribution in [0.5, 0.6) is 5.75 Å². The number of benzene rings is 1. The Hall–Kier alpha value is -1.88. The number of amides is 1. The molecule has 0 aliphatic carbocycles. The molecule has 5 heteroatoms. The van der Waals surface area contributed by atoms with Crippen molar-refractivity contribution in [3.05, 3.63) is 29.8 Å². The van der Waals surface area contributed by atoms with Gasteiger partial charge in [-0.3, -0.25) is 9.59 Å². The zero-order valence-electron chi connectivity index (χ0n) is 13.8. The Balaban J connectivity index is 1.79. The summed E-state index contributed by atoms with van der Waals surface area (Å²) in [6.07, 6.45) is 2.43. The number of carbonyl (C=O) groups excluding carboxylic acids is 2. The van der Waals surface area contributed by atoms with Crippen LogP contribution in [-0.2, 0) is 4.79 Å². The van der Waals surface area contributed by atoms with Crippen LogP contribution in [0.15, 0.2) is 24.3 Å². The Labute approximate surface area is 137 Å². The second-order valence-corrected chi connectivity index (χ2v) is 6.03. The standard InChI is InChI=1S/C18H26N2O3/c1-2-11-23-16-5-3-15(4-6-16)17(21)7-8-18(22)20-10-9-14(12-19)13-20/h3-6,14H,2,7-13,19H2,1H3. The number of hydrogen-bond acceptors (Lipinski definition) is 4. The Bertz CT molecular complexity index is 528. The molecule has 23 heavy (non-hydrogen) atoms. The summed E-state index contributed by atoms with van der Waals surface area (Å²) in [6.45, 7) is 4.83. The van der Waals surface area contributed by atoms with Gasteiger partial charge in [-0.2, -0.15) is 0 Å². The first kappa shape index (κ1) is 17.5. The molecular formula is C18H26N2O3. The molecule has 1 heterocycles. The van der Waals surface area contributed by atoms with Gasteiger partial charge < -0.3 is 15.4 Å². The van der Waals surface area contributed by atoms with Crippen LogP contribution in [-0.4, -0.2) is 42.8 Å². The van der Waals surface area contributed by atoms with Crippen molar-refractivity contribution in [1.29, 1.82) is 0 Å². The first-order chi connectivity index (χ1) is 11.1. The summed E-state index contributed by atoms with van der Waals surface area (Å²) in [7, 11) is 0. The van der Waals surface area contributed by atoms with E-state index < -0.39 is 0 Å². The van der Waals surface area contributed by atoms with E-state index in [2.05, 4.69) is 0 Å². The number of nitrogens with two attached hydrogens (primary N) is 1. The van der Waals surface area contributed by atoms with Crippen molar-refractivity contribution in [3.8, 4) is 5.75 Å². The highest BCUT2D eigenvalue weighted by molar-refractivity contribution is 5.98. The largest absolute Gasteiger partial charge is 0.494 e. The number of nitrogens with zero attached hydrogens (tertiary/aromatic N) is 1. The number of hydrogen-bond donors (Lipinski definition) is 1. The highest BCUT2D eigenvalue weighted by atomic mass is 16.5. The van der Waals surface area contributed by atoms with E-state index in [0.717, 1.165) is 31.7 Å². The first-order valence-electron chi connectivity index (χ1n) is 8.38. The van der Waals surface area contributed by atoms with E-state index in [1.807, 2.05) is 11.8 Å². The van der Waals surface area contributed by atoms with Gasteiger partial charge in [-0.1, -0.05) is 6.92 Å². The molecule has 1 saturated heterocycles. The zero-order valence-corrected chi connectivity index (χ0v) is 13.8. The number of rotatable bonds is 8. The summed E-state index contributed by atoms with van der Waals surface area (Å²) in [5.41, 5.74) is 6.26. The summed E-state index contributed by atoms with van der Waals surface area (Å²) in [4.78, 5) is 26.1. The van der Waals surface area contributed by atoms with Gasteiger partial charge in [0.05, 0.1) is 6.61 Å².